The first kappa shape index (κ1) is 18.4. The third kappa shape index (κ3) is 3.89. The summed E-state index contributed by atoms with van der Waals surface area (Å²) in [5.74, 6) is 0.141. The van der Waals surface area contributed by atoms with Crippen LogP contribution in [0.15, 0.2) is 24.3 Å². The molecule has 3 fully saturated rings. The molecular weight excluding hydrogens is 344 g/mol. The number of halogens is 2. The third-order valence-electron chi connectivity index (χ3n) is 4.95. The van der Waals surface area contributed by atoms with Gasteiger partial charge in [0.15, 0.2) is 0 Å². The minimum absolute atomic E-state index is 0.0247. The van der Waals surface area contributed by atoms with Crippen LogP contribution in [0, 0.1) is 5.92 Å². The Morgan fingerprint density at radius 2 is 1.81 bits per heavy atom. The van der Waals surface area contributed by atoms with Gasteiger partial charge in [-0.25, -0.2) is 4.79 Å². The molecule has 1 aromatic carbocycles. The number of amides is 3. The lowest BCUT2D eigenvalue weighted by atomic mass is 9.94. The highest BCUT2D eigenvalue weighted by atomic mass is 19.3. The van der Waals surface area contributed by atoms with Gasteiger partial charge >= 0.3 is 12.6 Å². The van der Waals surface area contributed by atoms with Gasteiger partial charge in [-0.1, -0.05) is 0 Å². The number of carbonyl (C=O) groups excluding carboxylic acids is 2. The Morgan fingerprint density at radius 1 is 1.12 bits per heavy atom. The highest BCUT2D eigenvalue weighted by Crippen LogP contribution is 2.30. The molecule has 3 aliphatic rings. The number of benzene rings is 1. The van der Waals surface area contributed by atoms with Crippen molar-refractivity contribution in [2.75, 3.05) is 33.7 Å². The second-order valence-corrected chi connectivity index (χ2v) is 7.04. The first-order valence-electron chi connectivity index (χ1n) is 8.67. The van der Waals surface area contributed by atoms with Crippen molar-refractivity contribution in [3.8, 4) is 5.75 Å². The lowest BCUT2D eigenvalue weighted by Gasteiger charge is -2.36. The average molecular weight is 367 g/mol. The van der Waals surface area contributed by atoms with Crippen molar-refractivity contribution in [3.05, 3.63) is 29.8 Å². The van der Waals surface area contributed by atoms with Gasteiger partial charge in [0, 0.05) is 45.3 Å². The van der Waals surface area contributed by atoms with Crippen molar-refractivity contribution in [1.82, 2.24) is 14.7 Å². The van der Waals surface area contributed by atoms with Crippen LogP contribution in [0.25, 0.3) is 0 Å². The van der Waals surface area contributed by atoms with E-state index in [4.69, 9.17) is 0 Å². The van der Waals surface area contributed by atoms with Crippen LogP contribution in [0.5, 0.6) is 5.75 Å². The smallest absolute Gasteiger partial charge is 0.387 e. The molecule has 3 amide bonds. The molecule has 1 aromatic rings. The van der Waals surface area contributed by atoms with Crippen LogP contribution in [0.1, 0.15) is 23.2 Å². The molecule has 0 spiro atoms. The van der Waals surface area contributed by atoms with Crippen LogP contribution in [-0.2, 0) is 0 Å². The van der Waals surface area contributed by atoms with E-state index in [0.717, 1.165) is 12.8 Å². The van der Waals surface area contributed by atoms with Gasteiger partial charge in [0.2, 0.25) is 0 Å². The molecule has 3 heterocycles. The lowest BCUT2D eigenvalue weighted by Crippen LogP contribution is -2.48. The van der Waals surface area contributed by atoms with Crippen molar-refractivity contribution in [1.29, 1.82) is 0 Å². The van der Waals surface area contributed by atoms with Gasteiger partial charge in [0.25, 0.3) is 5.91 Å². The largest absolute Gasteiger partial charge is 0.435 e. The minimum atomic E-state index is -2.89. The number of fused-ring (bicyclic) bond motifs is 4. The molecule has 6 nitrogen and oxygen atoms in total. The summed E-state index contributed by atoms with van der Waals surface area (Å²) < 4.78 is 28.8. The van der Waals surface area contributed by atoms with E-state index in [1.165, 1.54) is 24.3 Å². The van der Waals surface area contributed by atoms with Crippen LogP contribution in [0.3, 0.4) is 0 Å². The summed E-state index contributed by atoms with van der Waals surface area (Å²) in [6, 6.07) is 5.68. The maximum atomic E-state index is 12.9. The van der Waals surface area contributed by atoms with Gasteiger partial charge in [-0.05, 0) is 43.0 Å². The highest BCUT2D eigenvalue weighted by molar-refractivity contribution is 5.94. The zero-order chi connectivity index (χ0) is 18.8. The number of carbonyl (C=O) groups is 2. The molecule has 8 heteroatoms. The normalized spacial score (nSPS) is 22.3. The fourth-order valence-corrected chi connectivity index (χ4v) is 3.71. The molecular formula is C18H23F2N3O3. The molecule has 2 unspecified atom stereocenters. The predicted molar refractivity (Wildman–Crippen MR) is 91.3 cm³/mol. The van der Waals surface area contributed by atoms with E-state index in [2.05, 4.69) is 4.74 Å². The van der Waals surface area contributed by atoms with Crippen molar-refractivity contribution in [3.63, 3.8) is 0 Å². The fraction of sp³-hybridized carbons (Fsp3) is 0.556. The molecule has 3 aliphatic heterocycles. The zero-order valence-electron chi connectivity index (χ0n) is 14.9. The molecule has 3 saturated heterocycles. The van der Waals surface area contributed by atoms with Crippen molar-refractivity contribution in [2.45, 2.75) is 25.5 Å². The summed E-state index contributed by atoms with van der Waals surface area (Å²) in [6.07, 6.45) is 1.85. The summed E-state index contributed by atoms with van der Waals surface area (Å²) in [5, 5.41) is 0. The molecule has 2 atom stereocenters. The van der Waals surface area contributed by atoms with Gasteiger partial charge < -0.3 is 19.4 Å². The number of alkyl halides is 2. The van der Waals surface area contributed by atoms with Gasteiger partial charge in [-0.2, -0.15) is 8.78 Å². The molecule has 0 aliphatic carbocycles. The Hall–Kier alpha value is -2.38. The number of rotatable bonds is 3. The van der Waals surface area contributed by atoms with Crippen molar-refractivity contribution < 1.29 is 23.1 Å². The predicted octanol–water partition coefficient (Wildman–Crippen LogP) is 2.51. The molecule has 26 heavy (non-hydrogen) atoms. The second-order valence-electron chi connectivity index (χ2n) is 7.04. The first-order chi connectivity index (χ1) is 12.3. The van der Waals surface area contributed by atoms with Crippen molar-refractivity contribution in [2.24, 2.45) is 5.92 Å². The van der Waals surface area contributed by atoms with E-state index in [1.807, 2.05) is 9.80 Å². The van der Waals surface area contributed by atoms with E-state index in [-0.39, 0.29) is 29.6 Å². The van der Waals surface area contributed by atoms with Gasteiger partial charge in [-0.3, -0.25) is 4.79 Å². The number of urea groups is 1. The maximum absolute atomic E-state index is 12.9. The van der Waals surface area contributed by atoms with Gasteiger partial charge in [0.1, 0.15) is 5.75 Å². The highest BCUT2D eigenvalue weighted by Gasteiger charge is 2.39. The van der Waals surface area contributed by atoms with E-state index in [0.29, 0.717) is 25.2 Å². The number of ether oxygens (including phenoxy) is 1. The Bertz CT molecular complexity index is 666. The number of piperidine rings is 1. The Labute approximate surface area is 151 Å². The summed E-state index contributed by atoms with van der Waals surface area (Å²) in [5.41, 5.74) is 0.435. The first-order valence-corrected chi connectivity index (χ1v) is 8.67. The summed E-state index contributed by atoms with van der Waals surface area (Å²) in [4.78, 5) is 30.4. The zero-order valence-corrected chi connectivity index (χ0v) is 14.9. The molecule has 2 bridgehead atoms. The fourth-order valence-electron chi connectivity index (χ4n) is 3.71. The molecule has 4 rings (SSSR count). The minimum Gasteiger partial charge on any atom is -0.435 e. The standard InChI is InChI=1S/C18H23F2N3O3/c1-21(2)18(25)22-9-12-3-6-14(11-22)23(10-12)16(24)13-4-7-15(8-5-13)26-17(19)20/h4-5,7-8,12,14,17H,3,6,9-11H2,1-2H3. The monoisotopic (exact) mass is 367 g/mol. The molecule has 0 saturated carbocycles. The van der Waals surface area contributed by atoms with E-state index >= 15 is 0 Å². The van der Waals surface area contributed by atoms with E-state index < -0.39 is 6.61 Å². The Kier molecular flexibility index (Phi) is 5.29. The summed E-state index contributed by atoms with van der Waals surface area (Å²) in [7, 11) is 3.45. The molecule has 142 valence electrons. The Balaban J connectivity index is 1.73. The van der Waals surface area contributed by atoms with Crippen LogP contribution in [0.2, 0.25) is 0 Å². The van der Waals surface area contributed by atoms with Gasteiger partial charge in [-0.15, -0.1) is 0 Å². The quantitative estimate of drug-likeness (QED) is 0.825. The molecule has 0 radical (unpaired) electrons. The lowest BCUT2D eigenvalue weighted by molar-refractivity contribution is -0.0498. The van der Waals surface area contributed by atoms with Crippen molar-refractivity contribution >= 4 is 11.9 Å². The summed E-state index contributed by atoms with van der Waals surface area (Å²) in [6.45, 7) is -1.11. The third-order valence-corrected chi connectivity index (χ3v) is 4.95. The SMILES string of the molecule is CN(C)C(=O)N1CC2CCC(C1)N(C(=O)c1ccc(OC(F)F)cc1)C2. The molecule has 0 aromatic heterocycles. The topological polar surface area (TPSA) is 53.1 Å². The van der Waals surface area contributed by atoms with Crippen LogP contribution in [-0.4, -0.2) is 73.0 Å². The summed E-state index contributed by atoms with van der Waals surface area (Å²) >= 11 is 0. The van der Waals surface area contributed by atoms with Gasteiger partial charge in [0.05, 0.1) is 0 Å². The maximum Gasteiger partial charge on any atom is 0.387 e. The second kappa shape index (κ2) is 7.47. The van der Waals surface area contributed by atoms with E-state index in [9.17, 15) is 18.4 Å². The average Bonchev–Trinajstić information content (AvgIpc) is 2.92. The van der Waals surface area contributed by atoms with Crippen LogP contribution >= 0.6 is 0 Å². The van der Waals surface area contributed by atoms with E-state index in [1.54, 1.807) is 19.0 Å². The number of hydrogen-bond donors (Lipinski definition) is 0. The van der Waals surface area contributed by atoms with Crippen LogP contribution in [0.4, 0.5) is 13.6 Å². The van der Waals surface area contributed by atoms with Crippen LogP contribution < -0.4 is 4.74 Å². The Morgan fingerprint density at radius 3 is 2.42 bits per heavy atom. The molecule has 0 N–H and O–H groups in total. The number of nitrogens with zero attached hydrogens (tertiary/aromatic N) is 3. The number of hydrogen-bond acceptors (Lipinski definition) is 3.